The predicted octanol–water partition coefficient (Wildman–Crippen LogP) is 4.57. The Labute approximate surface area is 114 Å². The maximum atomic E-state index is 8.91. The minimum absolute atomic E-state index is 0.489. The Bertz CT molecular complexity index is 628. The first kappa shape index (κ1) is 13.4. The summed E-state index contributed by atoms with van der Waals surface area (Å²) in [5.41, 5.74) is 4.34. The monoisotopic (exact) mass is 252 g/mol. The first-order valence-corrected chi connectivity index (χ1v) is 6.83. The highest BCUT2D eigenvalue weighted by molar-refractivity contribution is 5.81. The fourth-order valence-corrected chi connectivity index (χ4v) is 2.41. The van der Waals surface area contributed by atoms with Gasteiger partial charge in [-0.25, -0.2) is 0 Å². The zero-order valence-corrected chi connectivity index (χ0v) is 11.7. The van der Waals surface area contributed by atoms with Crippen molar-refractivity contribution in [1.29, 1.82) is 5.26 Å². The summed E-state index contributed by atoms with van der Waals surface area (Å²) in [6.45, 7) is 8.58. The molecule has 2 heteroatoms. The number of fused-ring (bicyclic) bond motifs is 1. The molecule has 0 saturated carbocycles. The minimum Gasteiger partial charge on any atom is -0.358 e. The molecule has 0 bridgehead atoms. The Hall–Kier alpha value is -2.01. The van der Waals surface area contributed by atoms with E-state index in [1.54, 1.807) is 0 Å². The molecule has 19 heavy (non-hydrogen) atoms. The Morgan fingerprint density at radius 1 is 1.42 bits per heavy atom. The molecule has 0 amide bonds. The third kappa shape index (κ3) is 3.06. The molecular formula is C17H20N2. The number of allylic oxidation sites excluding steroid dienone is 1. The number of benzene rings is 1. The molecule has 0 saturated heterocycles. The molecular weight excluding hydrogens is 232 g/mol. The summed E-state index contributed by atoms with van der Waals surface area (Å²) in [6, 6.07) is 10.1. The summed E-state index contributed by atoms with van der Waals surface area (Å²) in [6.07, 6.45) is 3.23. The summed E-state index contributed by atoms with van der Waals surface area (Å²) < 4.78 is 0. The van der Waals surface area contributed by atoms with Crippen LogP contribution >= 0.6 is 0 Å². The Balaban J connectivity index is 2.18. The topological polar surface area (TPSA) is 39.6 Å². The third-order valence-corrected chi connectivity index (χ3v) is 3.60. The second-order valence-corrected chi connectivity index (χ2v) is 5.22. The van der Waals surface area contributed by atoms with E-state index in [9.17, 15) is 0 Å². The van der Waals surface area contributed by atoms with Crippen LogP contribution in [0, 0.1) is 17.2 Å². The van der Waals surface area contributed by atoms with Gasteiger partial charge in [0.05, 0.1) is 11.6 Å². The van der Waals surface area contributed by atoms with Crippen molar-refractivity contribution in [1.82, 2.24) is 4.98 Å². The van der Waals surface area contributed by atoms with Crippen molar-refractivity contribution in [3.8, 4) is 6.07 Å². The van der Waals surface area contributed by atoms with Crippen molar-refractivity contribution in [3.05, 3.63) is 47.7 Å². The smallest absolute Gasteiger partial charge is 0.0991 e. The maximum Gasteiger partial charge on any atom is 0.0991 e. The van der Waals surface area contributed by atoms with Crippen LogP contribution in [-0.2, 0) is 6.42 Å². The van der Waals surface area contributed by atoms with Crippen molar-refractivity contribution in [2.24, 2.45) is 5.92 Å². The third-order valence-electron chi connectivity index (χ3n) is 3.60. The lowest BCUT2D eigenvalue weighted by Gasteiger charge is -2.12. The molecule has 1 aromatic carbocycles. The van der Waals surface area contributed by atoms with Gasteiger partial charge in [-0.15, -0.1) is 0 Å². The SMILES string of the molecule is C=C(CCC)C(C)Cc1cc2cc(C#N)ccc2[nH]1. The van der Waals surface area contributed by atoms with E-state index in [1.165, 1.54) is 11.3 Å². The number of rotatable bonds is 5. The van der Waals surface area contributed by atoms with Crippen LogP contribution in [0.25, 0.3) is 10.9 Å². The number of nitrogens with one attached hydrogen (secondary N) is 1. The molecule has 1 aromatic heterocycles. The molecule has 0 radical (unpaired) electrons. The number of H-pyrrole nitrogens is 1. The molecule has 2 rings (SSSR count). The molecule has 0 aliphatic rings. The van der Waals surface area contributed by atoms with Crippen LogP contribution in [0.4, 0.5) is 0 Å². The van der Waals surface area contributed by atoms with Gasteiger partial charge in [0.15, 0.2) is 0 Å². The van der Waals surface area contributed by atoms with E-state index in [0.29, 0.717) is 11.5 Å². The van der Waals surface area contributed by atoms with Crippen LogP contribution in [0.3, 0.4) is 0 Å². The Morgan fingerprint density at radius 2 is 2.21 bits per heavy atom. The van der Waals surface area contributed by atoms with Crippen molar-refractivity contribution in [3.63, 3.8) is 0 Å². The summed E-state index contributed by atoms with van der Waals surface area (Å²) in [5.74, 6) is 0.489. The fourth-order valence-electron chi connectivity index (χ4n) is 2.41. The Kier molecular flexibility index (Phi) is 4.06. The van der Waals surface area contributed by atoms with Gasteiger partial charge in [-0.3, -0.25) is 0 Å². The van der Waals surface area contributed by atoms with Gasteiger partial charge < -0.3 is 4.98 Å². The molecule has 2 nitrogen and oxygen atoms in total. The molecule has 0 fully saturated rings. The van der Waals surface area contributed by atoms with Crippen LogP contribution in [0.5, 0.6) is 0 Å². The van der Waals surface area contributed by atoms with E-state index in [-0.39, 0.29) is 0 Å². The Morgan fingerprint density at radius 3 is 2.89 bits per heavy atom. The largest absolute Gasteiger partial charge is 0.358 e. The first-order chi connectivity index (χ1) is 9.13. The quantitative estimate of drug-likeness (QED) is 0.778. The lowest BCUT2D eigenvalue weighted by Crippen LogP contribution is -2.02. The average molecular weight is 252 g/mol. The maximum absolute atomic E-state index is 8.91. The summed E-state index contributed by atoms with van der Waals surface area (Å²) in [7, 11) is 0. The molecule has 0 spiro atoms. The average Bonchev–Trinajstić information content (AvgIpc) is 2.79. The van der Waals surface area contributed by atoms with Crippen molar-refractivity contribution in [2.45, 2.75) is 33.1 Å². The van der Waals surface area contributed by atoms with Crippen LogP contribution in [0.1, 0.15) is 37.9 Å². The van der Waals surface area contributed by atoms with E-state index >= 15 is 0 Å². The van der Waals surface area contributed by atoms with Crippen LogP contribution in [0.15, 0.2) is 36.4 Å². The number of nitrogens with zero attached hydrogens (tertiary/aromatic N) is 1. The number of aromatic nitrogens is 1. The number of hydrogen-bond donors (Lipinski definition) is 1. The first-order valence-electron chi connectivity index (χ1n) is 6.83. The van der Waals surface area contributed by atoms with Gasteiger partial charge in [-0.05, 0) is 43.0 Å². The van der Waals surface area contributed by atoms with Gasteiger partial charge in [0.1, 0.15) is 0 Å². The van der Waals surface area contributed by atoms with E-state index in [1.807, 2.05) is 18.2 Å². The number of hydrogen-bond acceptors (Lipinski definition) is 1. The van der Waals surface area contributed by atoms with Gasteiger partial charge in [0.25, 0.3) is 0 Å². The summed E-state index contributed by atoms with van der Waals surface area (Å²) in [4.78, 5) is 3.42. The standard InChI is InChI=1S/C17H20N2/c1-4-5-12(2)13(3)8-16-10-15-9-14(11-18)6-7-17(15)19-16/h6-7,9-10,13,19H,2,4-5,8H2,1,3H3. The summed E-state index contributed by atoms with van der Waals surface area (Å²) in [5, 5.41) is 10.0. The molecule has 1 heterocycles. The highest BCUT2D eigenvalue weighted by Gasteiger charge is 2.09. The molecule has 0 aliphatic carbocycles. The van der Waals surface area contributed by atoms with Gasteiger partial charge in [0.2, 0.25) is 0 Å². The van der Waals surface area contributed by atoms with Crippen molar-refractivity contribution >= 4 is 10.9 Å². The van der Waals surface area contributed by atoms with Crippen molar-refractivity contribution in [2.75, 3.05) is 0 Å². The van der Waals surface area contributed by atoms with Crippen molar-refractivity contribution < 1.29 is 0 Å². The fraction of sp³-hybridized carbons (Fsp3) is 0.353. The zero-order chi connectivity index (χ0) is 13.8. The second kappa shape index (κ2) is 5.75. The molecule has 1 unspecified atom stereocenters. The number of nitriles is 1. The van der Waals surface area contributed by atoms with Crippen LogP contribution in [0.2, 0.25) is 0 Å². The molecule has 1 N–H and O–H groups in total. The van der Waals surface area contributed by atoms with Gasteiger partial charge >= 0.3 is 0 Å². The highest BCUT2D eigenvalue weighted by Crippen LogP contribution is 2.22. The van der Waals surface area contributed by atoms with E-state index in [2.05, 4.69) is 37.5 Å². The zero-order valence-electron chi connectivity index (χ0n) is 11.7. The van der Waals surface area contributed by atoms with Gasteiger partial charge in [-0.2, -0.15) is 5.26 Å². The number of aromatic amines is 1. The van der Waals surface area contributed by atoms with Gasteiger partial charge in [0, 0.05) is 16.6 Å². The van der Waals surface area contributed by atoms with E-state index in [0.717, 1.165) is 30.2 Å². The summed E-state index contributed by atoms with van der Waals surface area (Å²) >= 11 is 0. The van der Waals surface area contributed by atoms with Gasteiger partial charge in [-0.1, -0.05) is 32.4 Å². The minimum atomic E-state index is 0.489. The van der Waals surface area contributed by atoms with E-state index < -0.39 is 0 Å². The molecule has 0 aliphatic heterocycles. The lowest BCUT2D eigenvalue weighted by molar-refractivity contribution is 0.632. The molecule has 1 atom stereocenters. The lowest BCUT2D eigenvalue weighted by atomic mass is 9.94. The van der Waals surface area contributed by atoms with Crippen LogP contribution < -0.4 is 0 Å². The second-order valence-electron chi connectivity index (χ2n) is 5.22. The highest BCUT2D eigenvalue weighted by atomic mass is 14.7. The van der Waals surface area contributed by atoms with Crippen LogP contribution in [-0.4, -0.2) is 4.98 Å². The van der Waals surface area contributed by atoms with E-state index in [4.69, 9.17) is 5.26 Å². The normalized spacial score (nSPS) is 12.3. The molecule has 98 valence electrons. The predicted molar refractivity (Wildman–Crippen MR) is 79.9 cm³/mol. The molecule has 2 aromatic rings.